The van der Waals surface area contributed by atoms with Gasteiger partial charge in [0.05, 0.1) is 5.69 Å². The second kappa shape index (κ2) is 16.1. The summed E-state index contributed by atoms with van der Waals surface area (Å²) in [6.45, 7) is 8.82. The molecule has 0 aliphatic heterocycles. The quantitative estimate of drug-likeness (QED) is 0.163. The van der Waals surface area contributed by atoms with Gasteiger partial charge in [0.2, 0.25) is 5.60 Å². The van der Waals surface area contributed by atoms with E-state index in [4.69, 9.17) is 4.74 Å². The number of rotatable bonds is 16. The van der Waals surface area contributed by atoms with Crippen LogP contribution < -0.4 is 10.1 Å². The van der Waals surface area contributed by atoms with E-state index >= 15 is 0 Å². The second-order valence-corrected chi connectivity index (χ2v) is 11.6. The van der Waals surface area contributed by atoms with Crippen LogP contribution in [0.4, 0.5) is 19.3 Å². The average Bonchev–Trinajstić information content (AvgIpc) is 2.97. The van der Waals surface area contributed by atoms with Gasteiger partial charge < -0.3 is 20.1 Å². The lowest BCUT2D eigenvalue weighted by Crippen LogP contribution is -2.43. The highest BCUT2D eigenvalue weighted by Gasteiger charge is 2.36. The average molecular weight is 595 g/mol. The summed E-state index contributed by atoms with van der Waals surface area (Å²) in [6, 6.07) is 17.7. The van der Waals surface area contributed by atoms with Gasteiger partial charge in [0, 0.05) is 25.6 Å². The zero-order chi connectivity index (χ0) is 31.4. The van der Waals surface area contributed by atoms with Crippen LogP contribution in [0.15, 0.2) is 66.7 Å². The number of amides is 2. The first-order chi connectivity index (χ1) is 20.5. The summed E-state index contributed by atoms with van der Waals surface area (Å²) in [7, 11) is 0. The molecule has 0 radical (unpaired) electrons. The van der Waals surface area contributed by atoms with E-state index in [0.29, 0.717) is 31.2 Å². The Balaban J connectivity index is 1.64. The van der Waals surface area contributed by atoms with Gasteiger partial charge in [-0.15, -0.1) is 0 Å². The fourth-order valence-corrected chi connectivity index (χ4v) is 4.82. The smallest absolute Gasteiger partial charge is 0.348 e. The van der Waals surface area contributed by atoms with Gasteiger partial charge in [0.25, 0.3) is 0 Å². The lowest BCUT2D eigenvalue weighted by atomic mass is 9.95. The molecule has 43 heavy (non-hydrogen) atoms. The fourth-order valence-electron chi connectivity index (χ4n) is 4.82. The number of carbonyl (C=O) groups excluding carboxylic acids is 1. The zero-order valence-corrected chi connectivity index (χ0v) is 25.7. The molecular formula is C35H44F2N2O4. The first kappa shape index (κ1) is 33.6. The predicted octanol–water partition coefficient (Wildman–Crippen LogP) is 8.60. The molecule has 2 N–H and O–H groups in total. The fraction of sp³-hybridized carbons (Fsp3) is 0.429. The van der Waals surface area contributed by atoms with Crippen LogP contribution in [0.25, 0.3) is 0 Å². The molecule has 1 atom stereocenters. The number of halogens is 2. The summed E-state index contributed by atoms with van der Waals surface area (Å²) in [5.74, 6) is -1.72. The SMILES string of the molecule is CCCCCCCN(CCc1ccc(CC(C)(Oc2ccc(C(C)C)cc2)C(=O)O)cc1)C(=O)Nc1ccc(F)cc1F. The number of carboxylic acid groups (broad SMARTS) is 1. The van der Waals surface area contributed by atoms with Crippen LogP contribution in [-0.2, 0) is 17.6 Å². The Morgan fingerprint density at radius 2 is 1.56 bits per heavy atom. The van der Waals surface area contributed by atoms with E-state index in [2.05, 4.69) is 26.1 Å². The summed E-state index contributed by atoms with van der Waals surface area (Å²) in [4.78, 5) is 26.9. The minimum Gasteiger partial charge on any atom is -0.478 e. The molecule has 0 saturated carbocycles. The van der Waals surface area contributed by atoms with Crippen molar-refractivity contribution < 1.29 is 28.2 Å². The number of benzene rings is 3. The summed E-state index contributed by atoms with van der Waals surface area (Å²) < 4.78 is 33.5. The summed E-state index contributed by atoms with van der Waals surface area (Å²) >= 11 is 0. The zero-order valence-electron chi connectivity index (χ0n) is 25.7. The Morgan fingerprint density at radius 3 is 2.16 bits per heavy atom. The van der Waals surface area contributed by atoms with Crippen molar-refractivity contribution in [1.82, 2.24) is 4.90 Å². The Kier molecular flexibility index (Phi) is 12.5. The van der Waals surface area contributed by atoms with Crippen LogP contribution in [0.5, 0.6) is 5.75 Å². The number of aliphatic carboxylic acids is 1. The normalized spacial score (nSPS) is 12.5. The Labute approximate surface area is 254 Å². The van der Waals surface area contributed by atoms with Gasteiger partial charge in [0.1, 0.15) is 17.4 Å². The molecule has 3 rings (SSSR count). The number of carbonyl (C=O) groups is 2. The van der Waals surface area contributed by atoms with E-state index in [1.165, 1.54) is 6.07 Å². The number of anilines is 1. The van der Waals surface area contributed by atoms with Crippen LogP contribution in [0.1, 0.15) is 82.4 Å². The molecule has 8 heteroatoms. The molecule has 3 aromatic carbocycles. The van der Waals surface area contributed by atoms with Gasteiger partial charge >= 0.3 is 12.0 Å². The molecule has 1 unspecified atom stereocenters. The third-order valence-corrected chi connectivity index (χ3v) is 7.57. The van der Waals surface area contributed by atoms with Gasteiger partial charge in [-0.2, -0.15) is 0 Å². The summed E-state index contributed by atoms with van der Waals surface area (Å²) in [5.41, 5.74) is 1.41. The molecule has 6 nitrogen and oxygen atoms in total. The summed E-state index contributed by atoms with van der Waals surface area (Å²) in [5, 5.41) is 12.6. The largest absolute Gasteiger partial charge is 0.478 e. The second-order valence-electron chi connectivity index (χ2n) is 11.6. The molecule has 3 aromatic rings. The highest BCUT2D eigenvalue weighted by atomic mass is 19.1. The van der Waals surface area contributed by atoms with E-state index in [1.54, 1.807) is 24.0 Å². The first-order valence-electron chi connectivity index (χ1n) is 15.1. The molecular weight excluding hydrogens is 550 g/mol. The standard InChI is InChI=1S/C35H44F2N2O4/c1-5-6-7-8-9-21-39(34(42)38-32-19-16-29(36)23-31(32)37)22-20-26-10-12-27(13-11-26)24-35(4,33(40)41)43-30-17-14-28(15-18-30)25(2)3/h10-19,23,25H,5-9,20-22,24H2,1-4H3,(H,38,42)(H,40,41). The van der Waals surface area contributed by atoms with Crippen molar-refractivity contribution in [3.05, 3.63) is 95.1 Å². The highest BCUT2D eigenvalue weighted by Crippen LogP contribution is 2.26. The lowest BCUT2D eigenvalue weighted by Gasteiger charge is -2.27. The molecule has 0 spiro atoms. The number of carboxylic acids is 1. The number of urea groups is 1. The number of hydrogen-bond donors (Lipinski definition) is 2. The Hall–Kier alpha value is -3.94. The minimum absolute atomic E-state index is 0.0636. The lowest BCUT2D eigenvalue weighted by molar-refractivity contribution is -0.153. The predicted molar refractivity (Wildman–Crippen MR) is 167 cm³/mol. The van der Waals surface area contributed by atoms with Crippen molar-refractivity contribution in [2.45, 2.75) is 84.2 Å². The molecule has 0 aliphatic rings. The minimum atomic E-state index is -1.46. The van der Waals surface area contributed by atoms with Crippen LogP contribution in [0, 0.1) is 11.6 Å². The van der Waals surface area contributed by atoms with Crippen LogP contribution >= 0.6 is 0 Å². The number of hydrogen-bond acceptors (Lipinski definition) is 3. The monoisotopic (exact) mass is 594 g/mol. The molecule has 232 valence electrons. The van der Waals surface area contributed by atoms with Crippen molar-refractivity contribution in [3.63, 3.8) is 0 Å². The molecule has 0 aliphatic carbocycles. The third-order valence-electron chi connectivity index (χ3n) is 7.57. The van der Waals surface area contributed by atoms with Crippen molar-refractivity contribution in [2.24, 2.45) is 0 Å². The maximum Gasteiger partial charge on any atom is 0.348 e. The van der Waals surface area contributed by atoms with Gasteiger partial charge in [-0.05, 0) is 66.6 Å². The third kappa shape index (κ3) is 10.4. The van der Waals surface area contributed by atoms with E-state index in [9.17, 15) is 23.5 Å². The number of nitrogens with one attached hydrogen (secondary N) is 1. The van der Waals surface area contributed by atoms with E-state index < -0.39 is 29.2 Å². The Bertz CT molecular complexity index is 1330. The molecule has 0 aromatic heterocycles. The van der Waals surface area contributed by atoms with Crippen LogP contribution in [0.3, 0.4) is 0 Å². The number of nitrogens with zero attached hydrogens (tertiary/aromatic N) is 1. The van der Waals surface area contributed by atoms with Gasteiger partial charge in [-0.1, -0.05) is 82.9 Å². The van der Waals surface area contributed by atoms with Crippen molar-refractivity contribution >= 4 is 17.7 Å². The first-order valence-corrected chi connectivity index (χ1v) is 15.1. The van der Waals surface area contributed by atoms with E-state index in [1.807, 2.05) is 36.4 Å². The van der Waals surface area contributed by atoms with Crippen molar-refractivity contribution in [3.8, 4) is 5.75 Å². The van der Waals surface area contributed by atoms with E-state index in [0.717, 1.165) is 60.9 Å². The van der Waals surface area contributed by atoms with Gasteiger partial charge in [-0.3, -0.25) is 0 Å². The number of unbranched alkanes of at least 4 members (excludes halogenated alkanes) is 4. The number of ether oxygens (including phenoxy) is 1. The molecule has 0 bridgehead atoms. The molecule has 0 saturated heterocycles. The maximum atomic E-state index is 14.2. The molecule has 0 fully saturated rings. The molecule has 0 heterocycles. The Morgan fingerprint density at radius 1 is 0.907 bits per heavy atom. The molecule has 2 amide bonds. The van der Waals surface area contributed by atoms with Gasteiger partial charge in [0.15, 0.2) is 0 Å². The van der Waals surface area contributed by atoms with Crippen LogP contribution in [0.2, 0.25) is 0 Å². The van der Waals surface area contributed by atoms with Crippen molar-refractivity contribution in [1.29, 1.82) is 0 Å². The summed E-state index contributed by atoms with van der Waals surface area (Å²) in [6.07, 6.45) is 5.88. The maximum absolute atomic E-state index is 14.2. The van der Waals surface area contributed by atoms with E-state index in [-0.39, 0.29) is 12.1 Å². The van der Waals surface area contributed by atoms with Crippen molar-refractivity contribution in [2.75, 3.05) is 18.4 Å². The highest BCUT2D eigenvalue weighted by molar-refractivity contribution is 5.89. The van der Waals surface area contributed by atoms with Gasteiger partial charge in [-0.25, -0.2) is 18.4 Å². The topological polar surface area (TPSA) is 78.9 Å². The van der Waals surface area contributed by atoms with Crippen LogP contribution in [-0.4, -0.2) is 40.7 Å².